The second-order valence-electron chi connectivity index (χ2n) is 12.8. The van der Waals surface area contributed by atoms with Gasteiger partial charge in [0.15, 0.2) is 6.29 Å². The van der Waals surface area contributed by atoms with Gasteiger partial charge in [-0.05, 0) is 67.6 Å². The number of ether oxygens (including phenoxy) is 3. The third-order valence-corrected chi connectivity index (χ3v) is 9.17. The highest BCUT2D eigenvalue weighted by atomic mass is 16.7. The van der Waals surface area contributed by atoms with Crippen LogP contribution in [0.5, 0.6) is 0 Å². The maximum absolute atomic E-state index is 12.6. The minimum absolute atomic E-state index is 0.00507. The summed E-state index contributed by atoms with van der Waals surface area (Å²) in [5.41, 5.74) is 10.6. The summed E-state index contributed by atoms with van der Waals surface area (Å²) in [4.78, 5) is 27.3. The average molecular weight is 659 g/mol. The number of hydrogen-bond donors (Lipinski definition) is 4. The third-order valence-electron chi connectivity index (χ3n) is 9.17. The van der Waals surface area contributed by atoms with Crippen molar-refractivity contribution in [3.05, 3.63) is 89.5 Å². The molecule has 0 bridgehead atoms. The number of methoxy groups -OCH3 is 1. The standard InChI is InChI=1S/C38H50N4O6/c1-46-26-31-9-8-22-42(31)24-32-23-35(28-16-14-27(25-43)15-17-28)48-38(47-32)29-18-20-30(21-19-29)40-36(44)12-4-2-3-5-13-37(45)41-34-11-7-6-10-33(34)39/h6-7,10-11,14-21,31-32,35,38,43H,2-5,8-9,12-13,22-26,39H2,1H3,(H,40,44)(H,41,45). The molecule has 10 heteroatoms. The highest BCUT2D eigenvalue weighted by Crippen LogP contribution is 2.39. The highest BCUT2D eigenvalue weighted by Gasteiger charge is 2.35. The summed E-state index contributed by atoms with van der Waals surface area (Å²) in [6.45, 7) is 2.57. The van der Waals surface area contributed by atoms with Crippen LogP contribution in [0.4, 0.5) is 17.1 Å². The number of aliphatic hydroxyl groups is 1. The number of nitrogens with two attached hydrogens (primary N) is 1. The topological polar surface area (TPSA) is 135 Å². The minimum Gasteiger partial charge on any atom is -0.397 e. The number of amides is 2. The zero-order valence-corrected chi connectivity index (χ0v) is 27.9. The van der Waals surface area contributed by atoms with Gasteiger partial charge >= 0.3 is 0 Å². The van der Waals surface area contributed by atoms with E-state index in [9.17, 15) is 14.7 Å². The van der Waals surface area contributed by atoms with Crippen LogP contribution in [0.3, 0.4) is 0 Å². The molecule has 5 N–H and O–H groups in total. The predicted octanol–water partition coefficient (Wildman–Crippen LogP) is 6.34. The van der Waals surface area contributed by atoms with Crippen molar-refractivity contribution in [2.75, 3.05) is 43.2 Å². The van der Waals surface area contributed by atoms with Crippen LogP contribution >= 0.6 is 0 Å². The number of unbranched alkanes of at least 4 members (excludes halogenated alkanes) is 3. The SMILES string of the molecule is COCC1CCCN1CC1CC(c2ccc(CO)cc2)OC(c2ccc(NC(=O)CCCCCCC(=O)Nc3ccccc3N)cc2)O1. The van der Waals surface area contributed by atoms with Crippen molar-refractivity contribution < 1.29 is 28.9 Å². The Morgan fingerprint density at radius 1 is 0.896 bits per heavy atom. The van der Waals surface area contributed by atoms with Gasteiger partial charge in [-0.2, -0.15) is 0 Å². The second-order valence-corrected chi connectivity index (χ2v) is 12.8. The number of aliphatic hydroxyl groups excluding tert-OH is 1. The number of nitrogens with zero attached hydrogens (tertiary/aromatic N) is 1. The fourth-order valence-corrected chi connectivity index (χ4v) is 6.51. The molecule has 2 fully saturated rings. The van der Waals surface area contributed by atoms with Crippen molar-refractivity contribution in [3.8, 4) is 0 Å². The molecule has 0 spiro atoms. The van der Waals surface area contributed by atoms with E-state index in [0.717, 1.165) is 87.0 Å². The molecular weight excluding hydrogens is 608 g/mol. The van der Waals surface area contributed by atoms with Crippen molar-refractivity contribution in [3.63, 3.8) is 0 Å². The van der Waals surface area contributed by atoms with Crippen LogP contribution in [0, 0.1) is 0 Å². The quantitative estimate of drug-likeness (QED) is 0.104. The van der Waals surface area contributed by atoms with Gasteiger partial charge in [0, 0.05) is 50.2 Å². The normalized spacial score (nSPS) is 21.2. The Hall–Kier alpha value is -3.80. The molecule has 0 aromatic heterocycles. The van der Waals surface area contributed by atoms with E-state index in [2.05, 4.69) is 15.5 Å². The Morgan fingerprint density at radius 3 is 2.27 bits per heavy atom. The average Bonchev–Trinajstić information content (AvgIpc) is 3.53. The van der Waals surface area contributed by atoms with Gasteiger partial charge in [0.2, 0.25) is 11.8 Å². The molecule has 0 radical (unpaired) electrons. The number of carbonyl (C=O) groups is 2. The first-order chi connectivity index (χ1) is 23.4. The third kappa shape index (κ3) is 10.3. The fourth-order valence-electron chi connectivity index (χ4n) is 6.51. The van der Waals surface area contributed by atoms with Crippen LogP contribution in [-0.2, 0) is 30.4 Å². The molecule has 2 aliphatic rings. The van der Waals surface area contributed by atoms with Crippen molar-refractivity contribution in [2.45, 2.75) is 88.9 Å². The van der Waals surface area contributed by atoms with Gasteiger partial charge in [-0.15, -0.1) is 0 Å². The molecule has 48 heavy (non-hydrogen) atoms. The van der Waals surface area contributed by atoms with E-state index in [-0.39, 0.29) is 30.6 Å². The summed E-state index contributed by atoms with van der Waals surface area (Å²) in [6.07, 6.45) is 6.39. The molecule has 2 saturated heterocycles. The lowest BCUT2D eigenvalue weighted by atomic mass is 9.99. The monoisotopic (exact) mass is 658 g/mol. The Bertz CT molecular complexity index is 1450. The zero-order valence-electron chi connectivity index (χ0n) is 27.9. The van der Waals surface area contributed by atoms with Crippen molar-refractivity contribution in [2.24, 2.45) is 0 Å². The Balaban J connectivity index is 1.09. The molecule has 4 atom stereocenters. The maximum Gasteiger partial charge on any atom is 0.224 e. The number of anilines is 3. The molecule has 2 aliphatic heterocycles. The number of benzene rings is 3. The number of likely N-dealkylation sites (tertiary alicyclic amines) is 1. The second kappa shape index (κ2) is 18.1. The largest absolute Gasteiger partial charge is 0.397 e. The predicted molar refractivity (Wildman–Crippen MR) is 187 cm³/mol. The molecule has 2 heterocycles. The summed E-state index contributed by atoms with van der Waals surface area (Å²) in [5.74, 6) is -0.0870. The van der Waals surface area contributed by atoms with Gasteiger partial charge in [0.25, 0.3) is 0 Å². The van der Waals surface area contributed by atoms with Gasteiger partial charge < -0.3 is 35.7 Å². The summed E-state index contributed by atoms with van der Waals surface area (Å²) in [5, 5.41) is 15.4. The van der Waals surface area contributed by atoms with E-state index in [0.29, 0.717) is 30.3 Å². The highest BCUT2D eigenvalue weighted by molar-refractivity contribution is 5.93. The summed E-state index contributed by atoms with van der Waals surface area (Å²) in [7, 11) is 1.76. The number of para-hydroxylation sites is 2. The Labute approximate surface area is 283 Å². The van der Waals surface area contributed by atoms with Crippen LogP contribution < -0.4 is 16.4 Å². The molecule has 3 aromatic carbocycles. The molecule has 3 aromatic rings. The van der Waals surface area contributed by atoms with Gasteiger partial charge in [0.1, 0.15) is 0 Å². The first kappa shape index (κ1) is 35.5. The van der Waals surface area contributed by atoms with Gasteiger partial charge in [-0.1, -0.05) is 61.4 Å². The minimum atomic E-state index is -0.549. The summed E-state index contributed by atoms with van der Waals surface area (Å²) >= 11 is 0. The number of carbonyl (C=O) groups excluding carboxylic acids is 2. The van der Waals surface area contributed by atoms with Crippen molar-refractivity contribution in [1.29, 1.82) is 0 Å². The van der Waals surface area contributed by atoms with E-state index in [4.69, 9.17) is 19.9 Å². The van der Waals surface area contributed by atoms with E-state index < -0.39 is 6.29 Å². The lowest BCUT2D eigenvalue weighted by Gasteiger charge is -2.38. The number of hydrogen-bond acceptors (Lipinski definition) is 8. The Morgan fingerprint density at radius 2 is 1.58 bits per heavy atom. The number of nitrogens with one attached hydrogen (secondary N) is 2. The van der Waals surface area contributed by atoms with Crippen LogP contribution in [0.1, 0.15) is 86.9 Å². The molecular formula is C38H50N4O6. The van der Waals surface area contributed by atoms with Crippen molar-refractivity contribution in [1.82, 2.24) is 4.90 Å². The smallest absolute Gasteiger partial charge is 0.224 e. The zero-order chi connectivity index (χ0) is 33.7. The molecule has 4 unspecified atom stereocenters. The molecule has 0 aliphatic carbocycles. The summed E-state index contributed by atoms with van der Waals surface area (Å²) in [6, 6.07) is 23.2. The van der Waals surface area contributed by atoms with Gasteiger partial charge in [0.05, 0.1) is 36.8 Å². The van der Waals surface area contributed by atoms with E-state index in [1.165, 1.54) is 0 Å². The van der Waals surface area contributed by atoms with Crippen LogP contribution in [0.15, 0.2) is 72.8 Å². The fraction of sp³-hybridized carbons (Fsp3) is 0.474. The molecule has 10 nitrogen and oxygen atoms in total. The lowest BCUT2D eigenvalue weighted by Crippen LogP contribution is -2.42. The molecule has 0 saturated carbocycles. The molecule has 258 valence electrons. The first-order valence-corrected chi connectivity index (χ1v) is 17.2. The van der Waals surface area contributed by atoms with Crippen LogP contribution in [0.2, 0.25) is 0 Å². The van der Waals surface area contributed by atoms with Crippen molar-refractivity contribution >= 4 is 28.9 Å². The van der Waals surface area contributed by atoms with E-state index in [1.54, 1.807) is 19.2 Å². The molecule has 5 rings (SSSR count). The van der Waals surface area contributed by atoms with Crippen LogP contribution in [-0.4, -0.2) is 60.8 Å². The molecule has 2 amide bonds. The number of rotatable bonds is 16. The Kier molecular flexibility index (Phi) is 13.4. The van der Waals surface area contributed by atoms with Crippen LogP contribution in [0.25, 0.3) is 0 Å². The maximum atomic E-state index is 12.6. The van der Waals surface area contributed by atoms with Gasteiger partial charge in [-0.25, -0.2) is 0 Å². The number of nitrogen functional groups attached to an aromatic ring is 1. The van der Waals surface area contributed by atoms with Gasteiger partial charge in [-0.3, -0.25) is 14.5 Å². The van der Waals surface area contributed by atoms with E-state index in [1.807, 2.05) is 60.7 Å². The lowest BCUT2D eigenvalue weighted by molar-refractivity contribution is -0.253. The van der Waals surface area contributed by atoms with E-state index >= 15 is 0 Å². The summed E-state index contributed by atoms with van der Waals surface area (Å²) < 4.78 is 18.5. The first-order valence-electron chi connectivity index (χ1n) is 17.2.